The molecule has 2 aromatic carbocycles. The van der Waals surface area contributed by atoms with E-state index in [1.165, 1.54) is 61.8 Å². The van der Waals surface area contributed by atoms with E-state index in [4.69, 9.17) is 0 Å². The minimum atomic E-state index is -0.570. The molecule has 6 N–H and O–H groups in total. The van der Waals surface area contributed by atoms with Crippen LogP contribution < -0.4 is 0 Å². The number of aromatic hydroxyl groups is 6. The van der Waals surface area contributed by atoms with Crippen LogP contribution in [-0.2, 0) is 0 Å². The Morgan fingerprint density at radius 1 is 0.538 bits per heavy atom. The van der Waals surface area contributed by atoms with Gasteiger partial charge < -0.3 is 30.6 Å². The summed E-state index contributed by atoms with van der Waals surface area (Å²) in [6, 6.07) is 2.69. The lowest BCUT2D eigenvalue weighted by Crippen LogP contribution is -2.47. The highest BCUT2D eigenvalue weighted by molar-refractivity contribution is 5.89. The molecule has 4 saturated carbocycles. The molecule has 2 aromatic rings. The average Bonchev–Trinajstić information content (AvgIpc) is 3.05. The molecular formula is C44H60O8. The molecule has 0 unspecified atom stereocenters. The highest BCUT2D eigenvalue weighted by atomic mass is 16.3. The predicted molar refractivity (Wildman–Crippen MR) is 205 cm³/mol. The van der Waals surface area contributed by atoms with E-state index in [0.717, 1.165) is 25.7 Å². The van der Waals surface area contributed by atoms with Crippen molar-refractivity contribution in [2.45, 2.75) is 120 Å². The summed E-state index contributed by atoms with van der Waals surface area (Å²) < 4.78 is 0. The van der Waals surface area contributed by atoms with Crippen molar-refractivity contribution >= 4 is 24.7 Å². The van der Waals surface area contributed by atoms with Crippen LogP contribution in [0.1, 0.15) is 151 Å². The normalized spacial score (nSPS) is 32.2. The molecule has 4 aliphatic carbocycles. The number of rotatable bonds is 4. The molecule has 0 saturated heterocycles. The molecule has 4 fully saturated rings. The van der Waals surface area contributed by atoms with Crippen LogP contribution in [0.15, 0.2) is 23.3 Å². The van der Waals surface area contributed by atoms with Crippen molar-refractivity contribution in [3.05, 3.63) is 45.5 Å². The molecule has 0 amide bonds. The van der Waals surface area contributed by atoms with Gasteiger partial charge in [0.1, 0.15) is 22.6 Å². The Labute approximate surface area is 309 Å². The maximum atomic E-state index is 11.2. The van der Waals surface area contributed by atoms with Crippen molar-refractivity contribution in [2.75, 3.05) is 0 Å². The van der Waals surface area contributed by atoms with Gasteiger partial charge in [0, 0.05) is 11.1 Å². The number of carbonyl (C=O) groups excluding carboxylic acids is 2. The van der Waals surface area contributed by atoms with Gasteiger partial charge in [0.15, 0.2) is 35.6 Å². The maximum Gasteiger partial charge on any atom is 0.171 e. The smallest absolute Gasteiger partial charge is 0.171 e. The van der Waals surface area contributed by atoms with Crippen LogP contribution in [0.2, 0.25) is 0 Å². The molecule has 284 valence electrons. The Kier molecular flexibility index (Phi) is 10.7. The number of phenols is 6. The van der Waals surface area contributed by atoms with Crippen LogP contribution in [0.5, 0.6) is 34.5 Å². The summed E-state index contributed by atoms with van der Waals surface area (Å²) >= 11 is 0. The topological polar surface area (TPSA) is 156 Å². The van der Waals surface area contributed by atoms with E-state index in [2.05, 4.69) is 55.4 Å². The first-order valence-corrected chi connectivity index (χ1v) is 19.1. The lowest BCUT2D eigenvalue weighted by Gasteiger charge is -2.56. The van der Waals surface area contributed by atoms with E-state index in [9.17, 15) is 40.2 Å². The van der Waals surface area contributed by atoms with Crippen LogP contribution in [0.4, 0.5) is 0 Å². The predicted octanol–water partition coefficient (Wildman–Crippen LogP) is 10.5. The summed E-state index contributed by atoms with van der Waals surface area (Å²) in [5, 5.41) is 60.4. The van der Waals surface area contributed by atoms with Crippen molar-refractivity contribution in [3.63, 3.8) is 0 Å². The van der Waals surface area contributed by atoms with Gasteiger partial charge in [-0.25, -0.2) is 0 Å². The molecule has 4 aliphatic rings. The number of hydrogen-bond donors (Lipinski definition) is 6. The van der Waals surface area contributed by atoms with Crippen LogP contribution in [0.25, 0.3) is 12.2 Å². The number of phenolic OH excluding ortho intramolecular Hbond substituents is 6. The number of carbonyl (C=O) groups is 2. The van der Waals surface area contributed by atoms with Gasteiger partial charge in [-0.2, -0.15) is 0 Å². The molecule has 0 bridgehead atoms. The first-order chi connectivity index (χ1) is 24.2. The van der Waals surface area contributed by atoms with Gasteiger partial charge in [-0.1, -0.05) is 91.5 Å². The third kappa shape index (κ3) is 6.71. The van der Waals surface area contributed by atoms with E-state index in [0.29, 0.717) is 47.4 Å². The summed E-state index contributed by atoms with van der Waals surface area (Å²) in [5.41, 5.74) is 3.47. The van der Waals surface area contributed by atoms with Gasteiger partial charge in [-0.05, 0) is 109 Å². The summed E-state index contributed by atoms with van der Waals surface area (Å²) in [5.74, 6) is -0.545. The second-order valence-corrected chi connectivity index (χ2v) is 18.2. The van der Waals surface area contributed by atoms with Gasteiger partial charge in [0.2, 0.25) is 0 Å². The number of allylic oxidation sites excluding steroid dienone is 2. The zero-order chi connectivity index (χ0) is 38.6. The fraction of sp³-hybridized carbons (Fsp3) is 0.591. The highest BCUT2D eigenvalue weighted by Crippen LogP contribution is 2.63. The van der Waals surface area contributed by atoms with Crippen LogP contribution in [0.3, 0.4) is 0 Å². The summed E-state index contributed by atoms with van der Waals surface area (Å²) in [4.78, 5) is 22.5. The summed E-state index contributed by atoms with van der Waals surface area (Å²) in [7, 11) is 0. The molecule has 0 aliphatic heterocycles. The minimum absolute atomic E-state index is 0.0424. The average molecular weight is 717 g/mol. The second-order valence-electron chi connectivity index (χ2n) is 18.2. The Bertz CT molecular complexity index is 1650. The van der Waals surface area contributed by atoms with Crippen molar-refractivity contribution in [1.82, 2.24) is 0 Å². The zero-order valence-corrected chi connectivity index (χ0v) is 32.3. The lowest BCUT2D eigenvalue weighted by atomic mass is 9.48. The summed E-state index contributed by atoms with van der Waals surface area (Å²) in [6.07, 6.45) is 16.3. The second kappa shape index (κ2) is 14.1. The van der Waals surface area contributed by atoms with E-state index < -0.39 is 11.5 Å². The summed E-state index contributed by atoms with van der Waals surface area (Å²) in [6.45, 7) is 18.5. The Balaban J connectivity index is 0.000000201. The molecule has 8 nitrogen and oxygen atoms in total. The van der Waals surface area contributed by atoms with E-state index in [1.807, 2.05) is 12.2 Å². The lowest BCUT2D eigenvalue weighted by molar-refractivity contribution is -0.00549. The van der Waals surface area contributed by atoms with Gasteiger partial charge in [-0.15, -0.1) is 0 Å². The van der Waals surface area contributed by atoms with Crippen molar-refractivity contribution < 1.29 is 40.2 Å². The Morgan fingerprint density at radius 3 is 1.21 bits per heavy atom. The molecule has 0 radical (unpaired) electrons. The number of fused-ring (bicyclic) bond motifs is 2. The quantitative estimate of drug-likeness (QED) is 0.104. The Morgan fingerprint density at radius 2 is 0.885 bits per heavy atom. The number of hydrogen-bond acceptors (Lipinski definition) is 8. The van der Waals surface area contributed by atoms with Crippen molar-refractivity contribution in [2.24, 2.45) is 45.3 Å². The third-order valence-corrected chi connectivity index (χ3v) is 14.1. The van der Waals surface area contributed by atoms with Crippen molar-refractivity contribution in [1.29, 1.82) is 0 Å². The number of benzene rings is 2. The Hall–Kier alpha value is -3.94. The zero-order valence-electron chi connectivity index (χ0n) is 32.3. The largest absolute Gasteiger partial charge is 0.506 e. The first-order valence-electron chi connectivity index (χ1n) is 19.1. The van der Waals surface area contributed by atoms with Crippen LogP contribution in [0, 0.1) is 45.3 Å². The maximum absolute atomic E-state index is 11.2. The van der Waals surface area contributed by atoms with Crippen molar-refractivity contribution in [3.8, 4) is 34.5 Å². The van der Waals surface area contributed by atoms with Crippen LogP contribution in [-0.4, -0.2) is 43.2 Å². The van der Waals surface area contributed by atoms with Crippen LogP contribution >= 0.6 is 0 Å². The van der Waals surface area contributed by atoms with E-state index in [1.54, 1.807) is 0 Å². The first kappa shape index (κ1) is 39.3. The van der Waals surface area contributed by atoms with E-state index in [-0.39, 0.29) is 55.8 Å². The standard InChI is InChI=1S/2C22H30O4/c2*1-13-6-7-18-21(2,3)8-5-9-22(18,4)16(13)10-14-11-17(24)20(26)15(12-23)19(14)25/h2*10-13,18,24-26H,5-9H2,1-4H3/b2*16-10+/t13-,18+,22-;13-,18-,22+/m10/s1. The van der Waals surface area contributed by atoms with Gasteiger partial charge in [-0.3, -0.25) is 9.59 Å². The molecule has 6 rings (SSSR count). The fourth-order valence-electron chi connectivity index (χ4n) is 11.4. The molecule has 0 spiro atoms. The molecule has 0 heterocycles. The van der Waals surface area contributed by atoms with Gasteiger partial charge in [0.05, 0.1) is 0 Å². The SMILES string of the molecule is C[C@@H]1CC[C@H]2C(C)(C)CCC[C@]2(C)/C1=C/c1cc(O)c(O)c(C=O)c1O.C[C@H]1CC[C@H]2C(C)(C)CCC[C@]2(C)/C1=C/c1cc(O)c(O)c(C=O)c1O. The molecule has 52 heavy (non-hydrogen) atoms. The van der Waals surface area contributed by atoms with Gasteiger partial charge in [0.25, 0.3) is 0 Å². The molecule has 8 heteroatoms. The van der Waals surface area contributed by atoms with Gasteiger partial charge >= 0.3 is 0 Å². The minimum Gasteiger partial charge on any atom is -0.506 e. The molecular weight excluding hydrogens is 656 g/mol. The molecule has 0 aromatic heterocycles. The fourth-order valence-corrected chi connectivity index (χ4v) is 11.4. The van der Waals surface area contributed by atoms with E-state index >= 15 is 0 Å². The third-order valence-electron chi connectivity index (χ3n) is 14.1. The molecule has 6 atom stereocenters. The highest BCUT2D eigenvalue weighted by Gasteiger charge is 2.52. The number of aldehydes is 2. The monoisotopic (exact) mass is 716 g/mol.